The molecule has 2 rings (SSSR count). The molecule has 0 saturated heterocycles. The highest BCUT2D eigenvalue weighted by Gasteiger charge is 2.23. The van der Waals surface area contributed by atoms with Crippen LogP contribution in [-0.4, -0.2) is 20.1 Å². The van der Waals surface area contributed by atoms with Crippen LogP contribution in [0.5, 0.6) is 0 Å². The van der Waals surface area contributed by atoms with Gasteiger partial charge in [-0.15, -0.1) is 0 Å². The fraction of sp³-hybridized carbons (Fsp3) is 0.250. The second kappa shape index (κ2) is 6.28. The van der Waals surface area contributed by atoms with Crippen LogP contribution in [0.15, 0.2) is 59.5 Å². The smallest absolute Gasteiger partial charge is 0.264 e. The maximum Gasteiger partial charge on any atom is 0.264 e. The number of anilines is 1. The average molecular weight is 305 g/mol. The Bertz CT molecular complexity index is 679. The minimum atomic E-state index is -3.59. The molecule has 0 aliphatic rings. The van der Waals surface area contributed by atoms with E-state index in [1.807, 2.05) is 18.2 Å². The Labute approximate surface area is 125 Å². The summed E-state index contributed by atoms with van der Waals surface area (Å²) in [6.45, 7) is 3.80. The highest BCUT2D eigenvalue weighted by molar-refractivity contribution is 7.92. The second-order valence-electron chi connectivity index (χ2n) is 4.75. The van der Waals surface area contributed by atoms with Crippen LogP contribution in [0.2, 0.25) is 0 Å². The van der Waals surface area contributed by atoms with Crippen LogP contribution in [0.1, 0.15) is 25.5 Å². The van der Waals surface area contributed by atoms with Crippen molar-refractivity contribution in [3.8, 4) is 0 Å². The summed E-state index contributed by atoms with van der Waals surface area (Å²) >= 11 is 0. The van der Waals surface area contributed by atoms with Crippen molar-refractivity contribution in [3.63, 3.8) is 0 Å². The van der Waals surface area contributed by atoms with E-state index in [0.29, 0.717) is 17.8 Å². The first-order valence-corrected chi connectivity index (χ1v) is 8.26. The summed E-state index contributed by atoms with van der Waals surface area (Å²) in [5.74, 6) is 0. The Balaban J connectivity index is 2.40. The zero-order valence-corrected chi connectivity index (χ0v) is 12.9. The first kappa shape index (κ1) is 15.5. The molecule has 0 heterocycles. The first-order chi connectivity index (χ1) is 9.96. The van der Waals surface area contributed by atoms with Crippen molar-refractivity contribution in [2.24, 2.45) is 0 Å². The molecule has 21 heavy (non-hydrogen) atoms. The number of benzene rings is 2. The Morgan fingerprint density at radius 1 is 1.05 bits per heavy atom. The lowest BCUT2D eigenvalue weighted by molar-refractivity contribution is 0.199. The number of nitrogens with zero attached hydrogens (tertiary/aromatic N) is 1. The number of rotatable bonds is 5. The zero-order valence-electron chi connectivity index (χ0n) is 12.1. The molecule has 1 atom stereocenters. The lowest BCUT2D eigenvalue weighted by Crippen LogP contribution is -2.30. The molecule has 112 valence electrons. The zero-order chi connectivity index (χ0) is 15.5. The van der Waals surface area contributed by atoms with Gasteiger partial charge in [-0.3, -0.25) is 4.31 Å². The van der Waals surface area contributed by atoms with E-state index in [2.05, 4.69) is 0 Å². The van der Waals surface area contributed by atoms with Gasteiger partial charge >= 0.3 is 0 Å². The van der Waals surface area contributed by atoms with E-state index in [1.54, 1.807) is 38.1 Å². The number of sulfonamides is 1. The van der Waals surface area contributed by atoms with Gasteiger partial charge < -0.3 is 5.11 Å². The molecule has 0 aliphatic heterocycles. The molecule has 2 aromatic rings. The van der Waals surface area contributed by atoms with Gasteiger partial charge in [0.15, 0.2) is 0 Å². The van der Waals surface area contributed by atoms with Gasteiger partial charge in [0.2, 0.25) is 0 Å². The van der Waals surface area contributed by atoms with Crippen molar-refractivity contribution >= 4 is 15.7 Å². The maximum absolute atomic E-state index is 12.7. The number of aliphatic hydroxyl groups is 1. The quantitative estimate of drug-likeness (QED) is 0.924. The summed E-state index contributed by atoms with van der Waals surface area (Å²) in [5, 5.41) is 9.49. The van der Waals surface area contributed by atoms with E-state index >= 15 is 0 Å². The largest absolute Gasteiger partial charge is 0.389 e. The van der Waals surface area contributed by atoms with Crippen molar-refractivity contribution < 1.29 is 13.5 Å². The number of para-hydroxylation sites is 1. The lowest BCUT2D eigenvalue weighted by Gasteiger charge is -2.23. The van der Waals surface area contributed by atoms with Gasteiger partial charge in [-0.05, 0) is 43.7 Å². The minimum absolute atomic E-state index is 0.220. The van der Waals surface area contributed by atoms with Crippen LogP contribution in [-0.2, 0) is 10.0 Å². The molecule has 1 unspecified atom stereocenters. The molecule has 0 spiro atoms. The highest BCUT2D eigenvalue weighted by Crippen LogP contribution is 2.24. The molecule has 0 bridgehead atoms. The van der Waals surface area contributed by atoms with E-state index in [4.69, 9.17) is 0 Å². The third kappa shape index (κ3) is 3.25. The SMILES string of the molecule is CCN(c1ccccc1)S(=O)(=O)c1ccc(C(C)O)cc1. The molecule has 5 heteroatoms. The highest BCUT2D eigenvalue weighted by atomic mass is 32.2. The molecule has 4 nitrogen and oxygen atoms in total. The summed E-state index contributed by atoms with van der Waals surface area (Å²) in [6.07, 6.45) is -0.613. The van der Waals surface area contributed by atoms with Gasteiger partial charge in [0.1, 0.15) is 0 Å². The summed E-state index contributed by atoms with van der Waals surface area (Å²) < 4.78 is 26.8. The normalized spacial score (nSPS) is 12.9. The summed E-state index contributed by atoms with van der Waals surface area (Å²) in [7, 11) is -3.59. The maximum atomic E-state index is 12.7. The van der Waals surface area contributed by atoms with E-state index in [0.717, 1.165) is 0 Å². The summed E-state index contributed by atoms with van der Waals surface area (Å²) in [4.78, 5) is 0.220. The Morgan fingerprint density at radius 3 is 2.10 bits per heavy atom. The fourth-order valence-electron chi connectivity index (χ4n) is 2.13. The molecular formula is C16H19NO3S. The second-order valence-corrected chi connectivity index (χ2v) is 6.61. The Hall–Kier alpha value is -1.85. The molecule has 0 fully saturated rings. The molecule has 2 aromatic carbocycles. The van der Waals surface area contributed by atoms with Crippen molar-refractivity contribution in [2.45, 2.75) is 24.8 Å². The van der Waals surface area contributed by atoms with E-state index in [-0.39, 0.29) is 4.90 Å². The van der Waals surface area contributed by atoms with Gasteiger partial charge in [-0.2, -0.15) is 0 Å². The molecule has 0 aliphatic carbocycles. The monoisotopic (exact) mass is 305 g/mol. The summed E-state index contributed by atoms with van der Waals surface area (Å²) in [6, 6.07) is 15.3. The van der Waals surface area contributed by atoms with Crippen LogP contribution >= 0.6 is 0 Å². The van der Waals surface area contributed by atoms with Gasteiger partial charge in [-0.25, -0.2) is 8.42 Å². The van der Waals surface area contributed by atoms with Gasteiger partial charge in [-0.1, -0.05) is 30.3 Å². The van der Waals surface area contributed by atoms with Crippen LogP contribution in [0.25, 0.3) is 0 Å². The fourth-order valence-corrected chi connectivity index (χ4v) is 3.60. The third-order valence-corrected chi connectivity index (χ3v) is 5.20. The Morgan fingerprint density at radius 2 is 1.62 bits per heavy atom. The standard InChI is InChI=1S/C16H19NO3S/c1-3-17(15-7-5-4-6-8-15)21(19,20)16-11-9-14(10-12-16)13(2)18/h4-13,18H,3H2,1-2H3. The number of hydrogen-bond donors (Lipinski definition) is 1. The topological polar surface area (TPSA) is 57.6 Å². The number of aliphatic hydroxyl groups excluding tert-OH is 1. The Kier molecular flexibility index (Phi) is 4.65. The van der Waals surface area contributed by atoms with Crippen molar-refractivity contribution in [3.05, 3.63) is 60.2 Å². The van der Waals surface area contributed by atoms with Crippen LogP contribution < -0.4 is 4.31 Å². The first-order valence-electron chi connectivity index (χ1n) is 6.82. The van der Waals surface area contributed by atoms with Gasteiger partial charge in [0.25, 0.3) is 10.0 Å². The number of hydrogen-bond acceptors (Lipinski definition) is 3. The predicted octanol–water partition coefficient (Wildman–Crippen LogP) is 2.96. The lowest BCUT2D eigenvalue weighted by atomic mass is 10.1. The molecule has 0 aromatic heterocycles. The van der Waals surface area contributed by atoms with Crippen molar-refractivity contribution in [2.75, 3.05) is 10.8 Å². The van der Waals surface area contributed by atoms with E-state index in [1.165, 1.54) is 16.4 Å². The van der Waals surface area contributed by atoms with Crippen LogP contribution in [0, 0.1) is 0 Å². The minimum Gasteiger partial charge on any atom is -0.389 e. The van der Waals surface area contributed by atoms with Gasteiger partial charge in [0.05, 0.1) is 16.7 Å². The van der Waals surface area contributed by atoms with Crippen molar-refractivity contribution in [1.29, 1.82) is 0 Å². The predicted molar refractivity (Wildman–Crippen MR) is 83.7 cm³/mol. The molecule has 1 N–H and O–H groups in total. The van der Waals surface area contributed by atoms with Crippen LogP contribution in [0.4, 0.5) is 5.69 Å². The van der Waals surface area contributed by atoms with Gasteiger partial charge in [0, 0.05) is 6.54 Å². The molecular weight excluding hydrogens is 286 g/mol. The van der Waals surface area contributed by atoms with E-state index < -0.39 is 16.1 Å². The average Bonchev–Trinajstić information content (AvgIpc) is 2.49. The van der Waals surface area contributed by atoms with Crippen LogP contribution in [0.3, 0.4) is 0 Å². The molecule has 0 saturated carbocycles. The molecule has 0 amide bonds. The molecule has 0 radical (unpaired) electrons. The van der Waals surface area contributed by atoms with Crippen molar-refractivity contribution in [1.82, 2.24) is 0 Å². The van der Waals surface area contributed by atoms with E-state index in [9.17, 15) is 13.5 Å². The third-order valence-electron chi connectivity index (χ3n) is 3.28. The summed E-state index contributed by atoms with van der Waals surface area (Å²) in [5.41, 5.74) is 1.33.